The molecule has 0 aliphatic rings. The van der Waals surface area contributed by atoms with Crippen molar-refractivity contribution in [2.75, 3.05) is 5.32 Å². The van der Waals surface area contributed by atoms with Gasteiger partial charge in [0.25, 0.3) is 0 Å². The molecule has 0 radical (unpaired) electrons. The number of aromatic nitrogens is 1. The van der Waals surface area contributed by atoms with E-state index >= 15 is 0 Å². The highest BCUT2D eigenvalue weighted by Crippen LogP contribution is 2.14. The fraction of sp³-hybridized carbons (Fsp3) is 0.267. The van der Waals surface area contributed by atoms with E-state index in [1.165, 1.54) is 22.3 Å². The van der Waals surface area contributed by atoms with Crippen LogP contribution in [0.25, 0.3) is 0 Å². The molecule has 0 aliphatic carbocycles. The van der Waals surface area contributed by atoms with Gasteiger partial charge in [-0.1, -0.05) is 18.2 Å². The predicted molar refractivity (Wildman–Crippen MR) is 72.2 cm³/mol. The van der Waals surface area contributed by atoms with Crippen molar-refractivity contribution in [1.29, 1.82) is 0 Å². The Hall–Kier alpha value is -1.83. The zero-order valence-corrected chi connectivity index (χ0v) is 10.6. The summed E-state index contributed by atoms with van der Waals surface area (Å²) in [5.74, 6) is 0. The minimum Gasteiger partial charge on any atom is -0.380 e. The van der Waals surface area contributed by atoms with Gasteiger partial charge in [-0.05, 0) is 49.1 Å². The third-order valence-corrected chi connectivity index (χ3v) is 3.09. The number of pyridine rings is 1. The van der Waals surface area contributed by atoms with Gasteiger partial charge in [0.15, 0.2) is 0 Å². The topological polar surface area (TPSA) is 24.9 Å². The van der Waals surface area contributed by atoms with Crippen LogP contribution in [0.4, 0.5) is 5.69 Å². The summed E-state index contributed by atoms with van der Waals surface area (Å²) in [5, 5.41) is 3.41. The molecular formula is C15H18N2. The van der Waals surface area contributed by atoms with E-state index in [4.69, 9.17) is 0 Å². The monoisotopic (exact) mass is 226 g/mol. The normalized spacial score (nSPS) is 10.3. The second-order valence-electron chi connectivity index (χ2n) is 4.46. The summed E-state index contributed by atoms with van der Waals surface area (Å²) >= 11 is 0. The molecule has 17 heavy (non-hydrogen) atoms. The van der Waals surface area contributed by atoms with E-state index in [2.05, 4.69) is 49.3 Å². The number of hydrogen-bond donors (Lipinski definition) is 1. The van der Waals surface area contributed by atoms with Crippen LogP contribution in [-0.4, -0.2) is 4.98 Å². The van der Waals surface area contributed by atoms with Gasteiger partial charge in [-0.2, -0.15) is 0 Å². The highest BCUT2D eigenvalue weighted by molar-refractivity contribution is 5.48. The lowest BCUT2D eigenvalue weighted by molar-refractivity contribution is 1.11. The van der Waals surface area contributed by atoms with Crippen LogP contribution in [-0.2, 0) is 6.54 Å². The summed E-state index contributed by atoms with van der Waals surface area (Å²) in [4.78, 5) is 4.13. The average Bonchev–Trinajstić information content (AvgIpc) is 2.32. The number of aryl methyl sites for hydroxylation is 3. The minimum atomic E-state index is 0.841. The molecule has 0 amide bonds. The van der Waals surface area contributed by atoms with Gasteiger partial charge >= 0.3 is 0 Å². The Morgan fingerprint density at radius 3 is 2.53 bits per heavy atom. The SMILES string of the molecule is Cc1ccc(CNc2cnccc2C)cc1C. The Morgan fingerprint density at radius 1 is 1.00 bits per heavy atom. The molecule has 2 heteroatoms. The van der Waals surface area contributed by atoms with E-state index < -0.39 is 0 Å². The zero-order chi connectivity index (χ0) is 12.3. The number of rotatable bonds is 3. The number of nitrogens with zero attached hydrogens (tertiary/aromatic N) is 1. The lowest BCUT2D eigenvalue weighted by Crippen LogP contribution is -2.01. The smallest absolute Gasteiger partial charge is 0.0559 e. The summed E-state index contributed by atoms with van der Waals surface area (Å²) in [5.41, 5.74) is 6.31. The first-order chi connectivity index (χ1) is 8.16. The molecule has 2 rings (SSSR count). The Bertz CT molecular complexity index is 518. The first-order valence-corrected chi connectivity index (χ1v) is 5.87. The molecule has 0 fully saturated rings. The molecule has 1 N–H and O–H groups in total. The lowest BCUT2D eigenvalue weighted by Gasteiger charge is -2.10. The van der Waals surface area contributed by atoms with Gasteiger partial charge in [0.2, 0.25) is 0 Å². The van der Waals surface area contributed by atoms with Gasteiger partial charge in [0.1, 0.15) is 0 Å². The molecule has 1 aromatic carbocycles. The van der Waals surface area contributed by atoms with Crippen molar-refractivity contribution in [2.45, 2.75) is 27.3 Å². The molecule has 2 aromatic rings. The van der Waals surface area contributed by atoms with Crippen molar-refractivity contribution in [2.24, 2.45) is 0 Å². The fourth-order valence-corrected chi connectivity index (χ4v) is 1.76. The molecule has 2 nitrogen and oxygen atoms in total. The largest absolute Gasteiger partial charge is 0.380 e. The molecule has 0 bridgehead atoms. The predicted octanol–water partition coefficient (Wildman–Crippen LogP) is 3.62. The van der Waals surface area contributed by atoms with E-state index in [0.717, 1.165) is 12.2 Å². The number of anilines is 1. The van der Waals surface area contributed by atoms with E-state index in [-0.39, 0.29) is 0 Å². The van der Waals surface area contributed by atoms with Crippen molar-refractivity contribution in [3.05, 3.63) is 58.9 Å². The summed E-state index contributed by atoms with van der Waals surface area (Å²) in [7, 11) is 0. The molecule has 0 saturated carbocycles. The van der Waals surface area contributed by atoms with Crippen LogP contribution in [0.5, 0.6) is 0 Å². The molecule has 0 spiro atoms. The van der Waals surface area contributed by atoms with Crippen LogP contribution in [0.1, 0.15) is 22.3 Å². The number of benzene rings is 1. The molecule has 88 valence electrons. The Morgan fingerprint density at radius 2 is 1.82 bits per heavy atom. The molecular weight excluding hydrogens is 208 g/mol. The maximum Gasteiger partial charge on any atom is 0.0559 e. The number of hydrogen-bond acceptors (Lipinski definition) is 2. The Balaban J connectivity index is 2.08. The maximum absolute atomic E-state index is 4.13. The van der Waals surface area contributed by atoms with Gasteiger partial charge in [-0.25, -0.2) is 0 Å². The summed E-state index contributed by atoms with van der Waals surface area (Å²) < 4.78 is 0. The molecule has 1 heterocycles. The standard InChI is InChI=1S/C15H18N2/c1-11-4-5-14(8-13(11)3)9-17-15-10-16-7-6-12(15)2/h4-8,10,17H,9H2,1-3H3. The molecule has 0 saturated heterocycles. The summed E-state index contributed by atoms with van der Waals surface area (Å²) in [6.45, 7) is 7.21. The van der Waals surface area contributed by atoms with Crippen molar-refractivity contribution in [1.82, 2.24) is 4.98 Å². The van der Waals surface area contributed by atoms with E-state index in [0.29, 0.717) is 0 Å². The molecule has 0 aliphatic heterocycles. The quantitative estimate of drug-likeness (QED) is 0.864. The third kappa shape index (κ3) is 2.84. The van der Waals surface area contributed by atoms with Crippen LogP contribution in [0.2, 0.25) is 0 Å². The van der Waals surface area contributed by atoms with Crippen LogP contribution in [0.15, 0.2) is 36.7 Å². The van der Waals surface area contributed by atoms with Gasteiger partial charge < -0.3 is 5.32 Å². The molecule has 0 atom stereocenters. The second-order valence-corrected chi connectivity index (χ2v) is 4.46. The molecule has 1 aromatic heterocycles. The highest BCUT2D eigenvalue weighted by Gasteiger charge is 1.99. The fourth-order valence-electron chi connectivity index (χ4n) is 1.76. The minimum absolute atomic E-state index is 0.841. The van der Waals surface area contributed by atoms with Crippen molar-refractivity contribution >= 4 is 5.69 Å². The van der Waals surface area contributed by atoms with Crippen LogP contribution < -0.4 is 5.32 Å². The summed E-state index contributed by atoms with van der Waals surface area (Å²) in [6.07, 6.45) is 3.69. The van der Waals surface area contributed by atoms with Gasteiger partial charge in [0, 0.05) is 12.7 Å². The molecule has 0 unspecified atom stereocenters. The van der Waals surface area contributed by atoms with E-state index in [9.17, 15) is 0 Å². The maximum atomic E-state index is 4.13. The number of nitrogens with one attached hydrogen (secondary N) is 1. The van der Waals surface area contributed by atoms with E-state index in [1.54, 1.807) is 0 Å². The van der Waals surface area contributed by atoms with Crippen LogP contribution >= 0.6 is 0 Å². The van der Waals surface area contributed by atoms with Gasteiger partial charge in [-0.3, -0.25) is 4.98 Å². The van der Waals surface area contributed by atoms with Gasteiger partial charge in [0.05, 0.1) is 11.9 Å². The summed E-state index contributed by atoms with van der Waals surface area (Å²) in [6, 6.07) is 8.58. The third-order valence-electron chi connectivity index (χ3n) is 3.09. The second kappa shape index (κ2) is 5.00. The Labute approximate surface area is 103 Å². The van der Waals surface area contributed by atoms with Crippen LogP contribution in [0.3, 0.4) is 0 Å². The van der Waals surface area contributed by atoms with Crippen molar-refractivity contribution < 1.29 is 0 Å². The van der Waals surface area contributed by atoms with Crippen LogP contribution in [0, 0.1) is 20.8 Å². The van der Waals surface area contributed by atoms with Crippen molar-refractivity contribution in [3.63, 3.8) is 0 Å². The van der Waals surface area contributed by atoms with E-state index in [1.807, 2.05) is 18.5 Å². The highest BCUT2D eigenvalue weighted by atomic mass is 14.9. The van der Waals surface area contributed by atoms with Crippen molar-refractivity contribution in [3.8, 4) is 0 Å². The average molecular weight is 226 g/mol. The first-order valence-electron chi connectivity index (χ1n) is 5.87. The Kier molecular flexibility index (Phi) is 3.43. The lowest BCUT2D eigenvalue weighted by atomic mass is 10.1. The van der Waals surface area contributed by atoms with Gasteiger partial charge in [-0.15, -0.1) is 0 Å². The zero-order valence-electron chi connectivity index (χ0n) is 10.6. The first kappa shape index (κ1) is 11.6.